The van der Waals surface area contributed by atoms with Crippen LogP contribution < -0.4 is 16.6 Å². The van der Waals surface area contributed by atoms with Crippen LogP contribution in [0.3, 0.4) is 0 Å². The highest BCUT2D eigenvalue weighted by Crippen LogP contribution is 2.43. The summed E-state index contributed by atoms with van der Waals surface area (Å²) in [6.07, 6.45) is -10.3. The van der Waals surface area contributed by atoms with Crippen molar-refractivity contribution in [1.29, 1.82) is 0 Å². The van der Waals surface area contributed by atoms with Crippen molar-refractivity contribution in [2.45, 2.75) is 12.4 Å². The normalized spacial score (nSPS) is 12.2. The Morgan fingerprint density at radius 2 is 1.65 bits per heavy atom. The molecule has 20 heavy (non-hydrogen) atoms. The summed E-state index contributed by atoms with van der Waals surface area (Å²) in [5.74, 6) is 3.08. The van der Waals surface area contributed by atoms with Crippen molar-refractivity contribution in [3.05, 3.63) is 23.3 Å². The fourth-order valence-corrected chi connectivity index (χ4v) is 1.27. The Kier molecular flexibility index (Phi) is 4.03. The number of phenols is 1. The predicted molar refractivity (Wildman–Crippen MR) is 54.5 cm³/mol. The van der Waals surface area contributed by atoms with Gasteiger partial charge in [0.25, 0.3) is 0 Å². The molecule has 112 valence electrons. The third-order valence-electron chi connectivity index (χ3n) is 2.12. The summed E-state index contributed by atoms with van der Waals surface area (Å²) in [6, 6.07) is -1.41. The average Bonchev–Trinajstić information content (AvgIpc) is 2.28. The molecule has 0 fully saturated rings. The van der Waals surface area contributed by atoms with E-state index in [2.05, 4.69) is 5.84 Å². The molecular formula is C9H7F6N3O2. The number of alkyl halides is 6. The van der Waals surface area contributed by atoms with Gasteiger partial charge in [0.2, 0.25) is 0 Å². The molecule has 0 saturated carbocycles. The molecule has 0 saturated heterocycles. The third-order valence-corrected chi connectivity index (χ3v) is 2.12. The van der Waals surface area contributed by atoms with Gasteiger partial charge in [-0.1, -0.05) is 0 Å². The van der Waals surface area contributed by atoms with E-state index in [0.29, 0.717) is 0 Å². The van der Waals surface area contributed by atoms with Gasteiger partial charge in [-0.15, -0.1) is 0 Å². The molecule has 0 aliphatic rings. The van der Waals surface area contributed by atoms with E-state index in [1.807, 2.05) is 0 Å². The van der Waals surface area contributed by atoms with Gasteiger partial charge in [0.05, 0.1) is 16.8 Å². The Labute approximate surface area is 107 Å². The number of phenolic OH excluding ortho intramolecular Hbond substituents is 1. The smallest absolute Gasteiger partial charge is 0.420 e. The molecular weight excluding hydrogens is 296 g/mol. The molecule has 0 radical (unpaired) electrons. The lowest BCUT2D eigenvalue weighted by molar-refractivity contribution is -0.143. The minimum atomic E-state index is -5.24. The average molecular weight is 303 g/mol. The summed E-state index contributed by atoms with van der Waals surface area (Å²) in [7, 11) is 0. The summed E-state index contributed by atoms with van der Waals surface area (Å²) in [4.78, 5) is 10.8. The van der Waals surface area contributed by atoms with Crippen LogP contribution in [0.2, 0.25) is 0 Å². The van der Waals surface area contributed by atoms with Crippen molar-refractivity contribution < 1.29 is 36.2 Å². The maximum absolute atomic E-state index is 12.5. The van der Waals surface area contributed by atoms with Gasteiger partial charge in [0.15, 0.2) is 5.75 Å². The zero-order valence-electron chi connectivity index (χ0n) is 9.36. The number of carbonyl (C=O) groups is 1. The first-order valence-corrected chi connectivity index (χ1v) is 4.76. The van der Waals surface area contributed by atoms with Gasteiger partial charge in [-0.05, 0) is 12.1 Å². The summed E-state index contributed by atoms with van der Waals surface area (Å²) in [6.45, 7) is 0. The van der Waals surface area contributed by atoms with Gasteiger partial charge in [0, 0.05) is 0 Å². The van der Waals surface area contributed by atoms with Crippen LogP contribution >= 0.6 is 0 Å². The van der Waals surface area contributed by atoms with Crippen molar-refractivity contribution in [3.8, 4) is 5.75 Å². The Morgan fingerprint density at radius 1 is 1.10 bits per heavy atom. The van der Waals surface area contributed by atoms with Gasteiger partial charge in [0.1, 0.15) is 0 Å². The van der Waals surface area contributed by atoms with Gasteiger partial charge in [-0.3, -0.25) is 5.43 Å². The molecule has 5 nitrogen and oxygen atoms in total. The highest BCUT2D eigenvalue weighted by molar-refractivity contribution is 5.91. The summed E-state index contributed by atoms with van der Waals surface area (Å²) >= 11 is 0. The number of hydrazine groups is 1. The highest BCUT2D eigenvalue weighted by atomic mass is 19.4. The zero-order chi connectivity index (χ0) is 15.7. The fraction of sp³-hybridized carbons (Fsp3) is 0.222. The zero-order valence-corrected chi connectivity index (χ0v) is 9.36. The number of hydrogen-bond donors (Lipinski definition) is 4. The minimum absolute atomic E-state index is 0.153. The topological polar surface area (TPSA) is 87.4 Å². The van der Waals surface area contributed by atoms with Crippen LogP contribution in [0.25, 0.3) is 0 Å². The Balaban J connectivity index is 3.47. The lowest BCUT2D eigenvalue weighted by atomic mass is 10.1. The molecule has 0 aromatic heterocycles. The third kappa shape index (κ3) is 3.44. The highest BCUT2D eigenvalue weighted by Gasteiger charge is 2.40. The summed E-state index contributed by atoms with van der Waals surface area (Å²) in [5, 5.41) is 10.8. The quantitative estimate of drug-likeness (QED) is 0.211. The lowest BCUT2D eigenvalue weighted by Gasteiger charge is -2.16. The molecule has 1 aromatic carbocycles. The number of amides is 2. The number of aromatic hydroxyl groups is 1. The molecule has 1 aromatic rings. The number of anilines is 1. The maximum atomic E-state index is 12.5. The number of nitrogens with two attached hydrogens (primary N) is 1. The van der Waals surface area contributed by atoms with Crippen molar-refractivity contribution in [2.24, 2.45) is 5.84 Å². The maximum Gasteiger partial charge on any atom is 0.420 e. The summed E-state index contributed by atoms with van der Waals surface area (Å²) < 4.78 is 75.1. The molecule has 5 N–H and O–H groups in total. The molecule has 0 aliphatic carbocycles. The number of urea groups is 1. The van der Waals surface area contributed by atoms with Crippen LogP contribution in [0, 0.1) is 0 Å². The van der Waals surface area contributed by atoms with E-state index in [-0.39, 0.29) is 12.1 Å². The molecule has 2 amide bonds. The fourth-order valence-electron chi connectivity index (χ4n) is 1.27. The Hall–Kier alpha value is -2.17. The van der Waals surface area contributed by atoms with Crippen LogP contribution in [0.1, 0.15) is 11.1 Å². The Bertz CT molecular complexity index is 526. The number of halogens is 6. The number of hydrogen-bond acceptors (Lipinski definition) is 3. The van der Waals surface area contributed by atoms with E-state index in [0.717, 1.165) is 0 Å². The largest absolute Gasteiger partial charge is 0.505 e. The SMILES string of the molecule is NNC(=O)Nc1cc(C(F)(F)F)cc(C(F)(F)F)c1O. The van der Waals surface area contributed by atoms with Crippen LogP contribution in [0.4, 0.5) is 36.8 Å². The van der Waals surface area contributed by atoms with E-state index in [1.54, 1.807) is 5.32 Å². The minimum Gasteiger partial charge on any atom is -0.505 e. The molecule has 0 atom stereocenters. The van der Waals surface area contributed by atoms with E-state index >= 15 is 0 Å². The van der Waals surface area contributed by atoms with Gasteiger partial charge in [-0.2, -0.15) is 26.3 Å². The van der Waals surface area contributed by atoms with Gasteiger partial charge < -0.3 is 10.4 Å². The second-order valence-corrected chi connectivity index (χ2v) is 3.51. The first kappa shape index (κ1) is 15.9. The van der Waals surface area contributed by atoms with Crippen molar-refractivity contribution in [2.75, 3.05) is 5.32 Å². The van der Waals surface area contributed by atoms with E-state index in [9.17, 15) is 36.2 Å². The molecule has 0 heterocycles. The molecule has 1 rings (SSSR count). The van der Waals surface area contributed by atoms with E-state index < -0.39 is 40.9 Å². The molecule has 0 bridgehead atoms. The predicted octanol–water partition coefficient (Wildman–Crippen LogP) is 2.43. The van der Waals surface area contributed by atoms with Crippen LogP contribution in [0.15, 0.2) is 12.1 Å². The molecule has 0 unspecified atom stereocenters. The first-order chi connectivity index (χ1) is 8.96. The van der Waals surface area contributed by atoms with Crippen molar-refractivity contribution >= 4 is 11.7 Å². The van der Waals surface area contributed by atoms with Crippen molar-refractivity contribution in [1.82, 2.24) is 5.43 Å². The number of carbonyl (C=O) groups excluding carboxylic acids is 1. The van der Waals surface area contributed by atoms with Crippen LogP contribution in [0.5, 0.6) is 5.75 Å². The van der Waals surface area contributed by atoms with E-state index in [1.165, 1.54) is 5.43 Å². The first-order valence-electron chi connectivity index (χ1n) is 4.76. The monoisotopic (exact) mass is 303 g/mol. The molecule has 0 aliphatic heterocycles. The Morgan fingerprint density at radius 3 is 2.05 bits per heavy atom. The molecule has 11 heteroatoms. The van der Waals surface area contributed by atoms with Gasteiger partial charge >= 0.3 is 18.4 Å². The van der Waals surface area contributed by atoms with Gasteiger partial charge in [-0.25, -0.2) is 10.6 Å². The standard InChI is InChI=1S/C9H7F6N3O2/c10-8(11,12)3-1-4(9(13,14)15)6(19)5(2-3)17-7(20)18-16/h1-2,19H,16H2,(H2,17,18,20). The second-order valence-electron chi connectivity index (χ2n) is 3.51. The second kappa shape index (κ2) is 5.07. The van der Waals surface area contributed by atoms with Crippen LogP contribution in [-0.4, -0.2) is 11.1 Å². The summed E-state index contributed by atoms with van der Waals surface area (Å²) in [5.41, 5.74) is -3.26. The number of benzene rings is 1. The van der Waals surface area contributed by atoms with E-state index in [4.69, 9.17) is 0 Å². The number of rotatable bonds is 1. The van der Waals surface area contributed by atoms with Crippen molar-refractivity contribution in [3.63, 3.8) is 0 Å². The molecule has 0 spiro atoms. The number of nitrogens with one attached hydrogen (secondary N) is 2. The van der Waals surface area contributed by atoms with Crippen LogP contribution in [-0.2, 0) is 12.4 Å². The lowest BCUT2D eigenvalue weighted by Crippen LogP contribution is -2.34.